The highest BCUT2D eigenvalue weighted by atomic mass is 15.1. The summed E-state index contributed by atoms with van der Waals surface area (Å²) >= 11 is 0. The Bertz CT molecular complexity index is 350. The molecule has 0 bridgehead atoms. The van der Waals surface area contributed by atoms with Crippen molar-refractivity contribution in [2.75, 3.05) is 13.1 Å². The van der Waals surface area contributed by atoms with E-state index in [0.29, 0.717) is 5.92 Å². The van der Waals surface area contributed by atoms with Gasteiger partial charge in [-0.1, -0.05) is 27.7 Å². The monoisotopic (exact) mass is 207 g/mol. The molecule has 0 saturated heterocycles. The lowest BCUT2D eigenvalue weighted by Gasteiger charge is -2.21. The van der Waals surface area contributed by atoms with Crippen LogP contribution in [0.3, 0.4) is 0 Å². The van der Waals surface area contributed by atoms with E-state index in [4.69, 9.17) is 4.98 Å². The fraction of sp³-hybridized carbons (Fsp3) is 0.750. The molecule has 1 aromatic rings. The van der Waals surface area contributed by atoms with Crippen LogP contribution in [0.1, 0.15) is 45.1 Å². The van der Waals surface area contributed by atoms with E-state index in [1.54, 1.807) is 0 Å². The van der Waals surface area contributed by atoms with Crippen molar-refractivity contribution in [2.24, 2.45) is 0 Å². The van der Waals surface area contributed by atoms with E-state index in [9.17, 15) is 0 Å². The number of fused-ring (bicyclic) bond motifs is 1. The van der Waals surface area contributed by atoms with E-state index in [2.05, 4.69) is 43.8 Å². The lowest BCUT2D eigenvalue weighted by atomic mass is 9.92. The van der Waals surface area contributed by atoms with Crippen molar-refractivity contribution in [1.82, 2.24) is 14.9 Å². The first kappa shape index (κ1) is 10.7. The summed E-state index contributed by atoms with van der Waals surface area (Å²) in [6.07, 6.45) is 2.22. The molecule has 0 atom stereocenters. The van der Waals surface area contributed by atoms with Gasteiger partial charge in [0.15, 0.2) is 0 Å². The van der Waals surface area contributed by atoms with Gasteiger partial charge in [0, 0.05) is 31.2 Å². The molecule has 2 heterocycles. The maximum atomic E-state index is 4.79. The summed E-state index contributed by atoms with van der Waals surface area (Å²) < 4.78 is 2.31. The Morgan fingerprint density at radius 3 is 2.87 bits per heavy atom. The van der Waals surface area contributed by atoms with Crippen molar-refractivity contribution in [3.63, 3.8) is 0 Å². The smallest absolute Gasteiger partial charge is 0.116 e. The number of hydrogen-bond donors (Lipinski definition) is 1. The summed E-state index contributed by atoms with van der Waals surface area (Å²) in [6, 6.07) is 0. The average Bonchev–Trinajstić information content (AvgIpc) is 2.52. The molecule has 3 heteroatoms. The first-order valence-corrected chi connectivity index (χ1v) is 5.79. The molecule has 3 nitrogen and oxygen atoms in total. The Balaban J connectivity index is 2.43. The molecule has 84 valence electrons. The molecule has 15 heavy (non-hydrogen) atoms. The second-order valence-corrected chi connectivity index (χ2v) is 5.40. The third-order valence-corrected chi connectivity index (χ3v) is 3.09. The van der Waals surface area contributed by atoms with Gasteiger partial charge in [0.25, 0.3) is 0 Å². The molecule has 1 aromatic heterocycles. The minimum Gasteiger partial charge on any atom is -0.333 e. The van der Waals surface area contributed by atoms with Gasteiger partial charge in [0.2, 0.25) is 0 Å². The molecule has 2 rings (SSSR count). The van der Waals surface area contributed by atoms with Crippen LogP contribution in [0.4, 0.5) is 0 Å². The predicted octanol–water partition coefficient (Wildman–Crippen LogP) is 1.89. The van der Waals surface area contributed by atoms with E-state index in [1.165, 1.54) is 11.5 Å². The lowest BCUT2D eigenvalue weighted by Crippen LogP contribution is -2.32. The highest BCUT2D eigenvalue weighted by molar-refractivity contribution is 5.16. The Morgan fingerprint density at radius 1 is 1.47 bits per heavy atom. The molecule has 1 N–H and O–H groups in total. The van der Waals surface area contributed by atoms with Crippen LogP contribution in [-0.4, -0.2) is 22.6 Å². The van der Waals surface area contributed by atoms with Crippen LogP contribution in [0.15, 0.2) is 6.20 Å². The van der Waals surface area contributed by atoms with Gasteiger partial charge in [-0.15, -0.1) is 0 Å². The van der Waals surface area contributed by atoms with E-state index in [-0.39, 0.29) is 5.41 Å². The highest BCUT2D eigenvalue weighted by Gasteiger charge is 2.28. The maximum Gasteiger partial charge on any atom is 0.116 e. The lowest BCUT2D eigenvalue weighted by molar-refractivity contribution is 0.468. The van der Waals surface area contributed by atoms with Gasteiger partial charge in [-0.05, 0) is 5.92 Å². The quantitative estimate of drug-likeness (QED) is 0.762. The summed E-state index contributed by atoms with van der Waals surface area (Å²) in [6.45, 7) is 12.0. The molecule has 0 saturated carbocycles. The first-order chi connectivity index (χ1) is 7.00. The zero-order valence-corrected chi connectivity index (χ0v) is 10.2. The number of nitrogens with zero attached hydrogens (tertiary/aromatic N) is 2. The van der Waals surface area contributed by atoms with Crippen molar-refractivity contribution >= 4 is 0 Å². The van der Waals surface area contributed by atoms with Gasteiger partial charge in [0.1, 0.15) is 5.82 Å². The molecule has 0 radical (unpaired) electrons. The molecule has 1 aliphatic heterocycles. The van der Waals surface area contributed by atoms with E-state index in [0.717, 1.165) is 19.6 Å². The fourth-order valence-corrected chi connectivity index (χ4v) is 2.10. The van der Waals surface area contributed by atoms with Crippen LogP contribution in [0, 0.1) is 0 Å². The largest absolute Gasteiger partial charge is 0.333 e. The summed E-state index contributed by atoms with van der Waals surface area (Å²) in [5.41, 5.74) is 1.36. The summed E-state index contributed by atoms with van der Waals surface area (Å²) in [5.74, 6) is 1.75. The van der Waals surface area contributed by atoms with Gasteiger partial charge in [0.05, 0.1) is 5.69 Å². The van der Waals surface area contributed by atoms with Gasteiger partial charge in [-0.3, -0.25) is 0 Å². The molecule has 0 spiro atoms. The zero-order valence-electron chi connectivity index (χ0n) is 10.2. The molecular weight excluding hydrogens is 186 g/mol. The van der Waals surface area contributed by atoms with Crippen molar-refractivity contribution in [1.29, 1.82) is 0 Å². The molecule has 1 aliphatic rings. The molecule has 0 amide bonds. The second-order valence-electron chi connectivity index (χ2n) is 5.40. The molecule has 0 unspecified atom stereocenters. The molecule has 0 fully saturated rings. The third-order valence-electron chi connectivity index (χ3n) is 3.09. The van der Waals surface area contributed by atoms with Crippen LogP contribution < -0.4 is 5.32 Å². The SMILES string of the molecule is CC(C)c1cn2c(n1)C(C)(C)CNCC2. The zero-order chi connectivity index (χ0) is 11.1. The van der Waals surface area contributed by atoms with E-state index >= 15 is 0 Å². The Hall–Kier alpha value is -0.830. The van der Waals surface area contributed by atoms with Gasteiger partial charge in [-0.25, -0.2) is 4.98 Å². The summed E-state index contributed by atoms with van der Waals surface area (Å²) in [7, 11) is 0. The first-order valence-electron chi connectivity index (χ1n) is 5.79. The van der Waals surface area contributed by atoms with Crippen LogP contribution in [-0.2, 0) is 12.0 Å². The highest BCUT2D eigenvalue weighted by Crippen LogP contribution is 2.25. The number of rotatable bonds is 1. The van der Waals surface area contributed by atoms with Crippen molar-refractivity contribution in [3.8, 4) is 0 Å². The van der Waals surface area contributed by atoms with Crippen molar-refractivity contribution < 1.29 is 0 Å². The third kappa shape index (κ3) is 1.93. The molecular formula is C12H21N3. The van der Waals surface area contributed by atoms with Crippen LogP contribution >= 0.6 is 0 Å². The Labute approximate surface area is 91.9 Å². The summed E-state index contributed by atoms with van der Waals surface area (Å²) in [4.78, 5) is 4.79. The standard InChI is InChI=1S/C12H21N3/c1-9(2)10-7-15-6-5-13-8-12(3,4)11(15)14-10/h7,9,13H,5-6,8H2,1-4H3. The van der Waals surface area contributed by atoms with E-state index < -0.39 is 0 Å². The molecule has 0 aromatic carbocycles. The fourth-order valence-electron chi connectivity index (χ4n) is 2.10. The maximum absolute atomic E-state index is 4.79. The van der Waals surface area contributed by atoms with Crippen LogP contribution in [0.5, 0.6) is 0 Å². The van der Waals surface area contributed by atoms with Crippen molar-refractivity contribution in [3.05, 3.63) is 17.7 Å². The Morgan fingerprint density at radius 2 is 2.20 bits per heavy atom. The number of imidazole rings is 1. The minimum absolute atomic E-state index is 0.143. The summed E-state index contributed by atoms with van der Waals surface area (Å²) in [5, 5.41) is 3.46. The topological polar surface area (TPSA) is 29.9 Å². The second kappa shape index (κ2) is 3.63. The van der Waals surface area contributed by atoms with Gasteiger partial charge >= 0.3 is 0 Å². The minimum atomic E-state index is 0.143. The van der Waals surface area contributed by atoms with Gasteiger partial charge in [-0.2, -0.15) is 0 Å². The van der Waals surface area contributed by atoms with Gasteiger partial charge < -0.3 is 9.88 Å². The average molecular weight is 207 g/mol. The number of aromatic nitrogens is 2. The molecule has 0 aliphatic carbocycles. The van der Waals surface area contributed by atoms with E-state index in [1.807, 2.05) is 0 Å². The van der Waals surface area contributed by atoms with Crippen molar-refractivity contribution in [2.45, 2.75) is 45.6 Å². The normalized spacial score (nSPS) is 20.1. The predicted molar refractivity (Wildman–Crippen MR) is 62.2 cm³/mol. The van der Waals surface area contributed by atoms with Crippen LogP contribution in [0.25, 0.3) is 0 Å². The number of hydrogen-bond acceptors (Lipinski definition) is 2. The Kier molecular flexibility index (Phi) is 2.59. The number of nitrogens with one attached hydrogen (secondary N) is 1. The van der Waals surface area contributed by atoms with Crippen LogP contribution in [0.2, 0.25) is 0 Å².